The summed E-state index contributed by atoms with van der Waals surface area (Å²) in [4.78, 5) is 15.2. The number of aliphatic hydroxyl groups excluding tert-OH is 1. The number of benzene rings is 1. The van der Waals surface area contributed by atoms with Gasteiger partial charge in [0.05, 0.1) is 6.61 Å². The molecule has 0 radical (unpaired) electrons. The molecule has 0 atom stereocenters. The molecule has 0 aliphatic heterocycles. The molecule has 104 valence electrons. The molecule has 0 aliphatic carbocycles. The van der Waals surface area contributed by atoms with Gasteiger partial charge in [0.25, 0.3) is 0 Å². The molecule has 1 aromatic heterocycles. The van der Waals surface area contributed by atoms with Crippen LogP contribution in [-0.4, -0.2) is 16.1 Å². The Morgan fingerprint density at radius 1 is 1.35 bits per heavy atom. The standard InChI is InChI=1S/C13H11ClFN3O2/c14-10-2-1-3-11(9(10)7-19)18-13(20)17-8-4-5-16-12(15)6-8/h1-6,19H,7H2,(H2,16,17,18,20). The summed E-state index contributed by atoms with van der Waals surface area (Å²) in [5.74, 6) is -0.693. The van der Waals surface area contributed by atoms with E-state index < -0.39 is 12.0 Å². The zero-order valence-corrected chi connectivity index (χ0v) is 11.0. The van der Waals surface area contributed by atoms with E-state index in [-0.39, 0.29) is 12.3 Å². The summed E-state index contributed by atoms with van der Waals surface area (Å²) in [6.45, 7) is -0.306. The van der Waals surface area contributed by atoms with Crippen LogP contribution in [0.2, 0.25) is 5.02 Å². The van der Waals surface area contributed by atoms with E-state index in [1.807, 2.05) is 0 Å². The van der Waals surface area contributed by atoms with Crippen molar-refractivity contribution in [1.82, 2.24) is 4.98 Å². The van der Waals surface area contributed by atoms with Crippen LogP contribution in [0.1, 0.15) is 5.56 Å². The summed E-state index contributed by atoms with van der Waals surface area (Å²) < 4.78 is 12.9. The lowest BCUT2D eigenvalue weighted by Gasteiger charge is -2.11. The Kier molecular flexibility index (Phi) is 4.49. The molecule has 0 spiro atoms. The van der Waals surface area contributed by atoms with Gasteiger partial charge in [-0.3, -0.25) is 0 Å². The monoisotopic (exact) mass is 295 g/mol. The maximum absolute atomic E-state index is 12.9. The van der Waals surface area contributed by atoms with Gasteiger partial charge in [0.1, 0.15) is 0 Å². The van der Waals surface area contributed by atoms with Crippen LogP contribution in [-0.2, 0) is 6.61 Å². The fourth-order valence-electron chi connectivity index (χ4n) is 1.60. The molecule has 5 nitrogen and oxygen atoms in total. The average molecular weight is 296 g/mol. The number of pyridine rings is 1. The van der Waals surface area contributed by atoms with Crippen LogP contribution in [0, 0.1) is 5.95 Å². The van der Waals surface area contributed by atoms with Gasteiger partial charge in [0, 0.05) is 34.2 Å². The Balaban J connectivity index is 2.11. The highest BCUT2D eigenvalue weighted by atomic mass is 35.5. The van der Waals surface area contributed by atoms with E-state index in [0.29, 0.717) is 16.3 Å². The fraction of sp³-hybridized carbons (Fsp3) is 0.0769. The van der Waals surface area contributed by atoms with E-state index in [9.17, 15) is 14.3 Å². The molecule has 0 saturated heterocycles. The molecular formula is C13H11ClFN3O2. The van der Waals surface area contributed by atoms with Crippen molar-refractivity contribution < 1.29 is 14.3 Å². The molecule has 0 unspecified atom stereocenters. The number of hydrogen-bond acceptors (Lipinski definition) is 3. The van der Waals surface area contributed by atoms with E-state index in [0.717, 1.165) is 6.07 Å². The van der Waals surface area contributed by atoms with Gasteiger partial charge < -0.3 is 15.7 Å². The van der Waals surface area contributed by atoms with Crippen molar-refractivity contribution in [1.29, 1.82) is 0 Å². The molecule has 3 N–H and O–H groups in total. The largest absolute Gasteiger partial charge is 0.392 e. The van der Waals surface area contributed by atoms with Crippen LogP contribution in [0.3, 0.4) is 0 Å². The number of aromatic nitrogens is 1. The van der Waals surface area contributed by atoms with Crippen molar-refractivity contribution in [3.05, 3.63) is 53.1 Å². The van der Waals surface area contributed by atoms with Gasteiger partial charge in [-0.05, 0) is 18.2 Å². The molecule has 2 rings (SSSR count). The first-order chi connectivity index (χ1) is 9.60. The Morgan fingerprint density at radius 2 is 2.15 bits per heavy atom. The lowest BCUT2D eigenvalue weighted by atomic mass is 10.2. The lowest BCUT2D eigenvalue weighted by molar-refractivity contribution is 0.262. The fourth-order valence-corrected chi connectivity index (χ4v) is 1.84. The number of amides is 2. The minimum atomic E-state index is -0.693. The van der Waals surface area contributed by atoms with Gasteiger partial charge in [0.15, 0.2) is 0 Å². The number of nitrogens with zero attached hydrogens (tertiary/aromatic N) is 1. The number of hydrogen-bond donors (Lipinski definition) is 3. The predicted octanol–water partition coefficient (Wildman–Crippen LogP) is 3.01. The first kappa shape index (κ1) is 14.2. The molecule has 20 heavy (non-hydrogen) atoms. The van der Waals surface area contributed by atoms with E-state index in [4.69, 9.17) is 11.6 Å². The van der Waals surface area contributed by atoms with Crippen LogP contribution in [0.4, 0.5) is 20.6 Å². The Morgan fingerprint density at radius 3 is 2.85 bits per heavy atom. The van der Waals surface area contributed by atoms with E-state index in [1.54, 1.807) is 18.2 Å². The zero-order valence-electron chi connectivity index (χ0n) is 10.2. The Bertz CT molecular complexity index is 637. The molecule has 0 bridgehead atoms. The topological polar surface area (TPSA) is 74.2 Å². The maximum Gasteiger partial charge on any atom is 0.323 e. The van der Waals surface area contributed by atoms with Crippen molar-refractivity contribution in [3.8, 4) is 0 Å². The highest BCUT2D eigenvalue weighted by Crippen LogP contribution is 2.24. The number of anilines is 2. The highest BCUT2D eigenvalue weighted by Gasteiger charge is 2.09. The Labute approximate surface area is 119 Å². The van der Waals surface area contributed by atoms with Gasteiger partial charge in [-0.2, -0.15) is 4.39 Å². The molecule has 7 heteroatoms. The van der Waals surface area contributed by atoms with Crippen molar-refractivity contribution in [2.75, 3.05) is 10.6 Å². The molecular weight excluding hydrogens is 285 g/mol. The summed E-state index contributed by atoms with van der Waals surface area (Å²) in [5, 5.41) is 14.6. The van der Waals surface area contributed by atoms with E-state index in [2.05, 4.69) is 15.6 Å². The minimum Gasteiger partial charge on any atom is -0.392 e. The van der Waals surface area contributed by atoms with Crippen molar-refractivity contribution in [2.24, 2.45) is 0 Å². The minimum absolute atomic E-state index is 0.266. The van der Waals surface area contributed by atoms with Gasteiger partial charge in [0.2, 0.25) is 5.95 Å². The van der Waals surface area contributed by atoms with Crippen molar-refractivity contribution >= 4 is 29.0 Å². The molecule has 2 amide bonds. The molecule has 1 heterocycles. The van der Waals surface area contributed by atoms with Gasteiger partial charge in [-0.1, -0.05) is 17.7 Å². The summed E-state index contributed by atoms with van der Waals surface area (Å²) >= 11 is 5.90. The van der Waals surface area contributed by atoms with E-state index in [1.165, 1.54) is 12.3 Å². The smallest absolute Gasteiger partial charge is 0.323 e. The quantitative estimate of drug-likeness (QED) is 0.762. The summed E-state index contributed by atoms with van der Waals surface area (Å²) in [5.41, 5.74) is 1.06. The van der Waals surface area contributed by atoms with Crippen LogP contribution in [0.15, 0.2) is 36.5 Å². The highest BCUT2D eigenvalue weighted by molar-refractivity contribution is 6.31. The molecule has 0 aliphatic rings. The van der Waals surface area contributed by atoms with Gasteiger partial charge in [-0.15, -0.1) is 0 Å². The second kappa shape index (κ2) is 6.31. The molecule has 2 aromatic rings. The molecule has 0 fully saturated rings. The third-order valence-corrected chi connectivity index (χ3v) is 2.86. The van der Waals surface area contributed by atoms with Crippen molar-refractivity contribution in [2.45, 2.75) is 6.61 Å². The number of halogens is 2. The lowest BCUT2D eigenvalue weighted by Crippen LogP contribution is -2.20. The average Bonchev–Trinajstić information content (AvgIpc) is 2.38. The maximum atomic E-state index is 12.9. The summed E-state index contributed by atoms with van der Waals surface area (Å²) in [6, 6.07) is 6.81. The summed E-state index contributed by atoms with van der Waals surface area (Å²) in [6.07, 6.45) is 1.24. The zero-order chi connectivity index (χ0) is 14.5. The SMILES string of the molecule is O=C(Nc1ccnc(F)c1)Nc1cccc(Cl)c1CO. The number of urea groups is 1. The second-order valence-electron chi connectivity index (χ2n) is 3.87. The molecule has 1 aromatic carbocycles. The van der Waals surface area contributed by atoms with Crippen molar-refractivity contribution in [3.63, 3.8) is 0 Å². The predicted molar refractivity (Wildman–Crippen MR) is 74.2 cm³/mol. The first-order valence-electron chi connectivity index (χ1n) is 5.68. The summed E-state index contributed by atoms with van der Waals surface area (Å²) in [7, 11) is 0. The van der Waals surface area contributed by atoms with Gasteiger partial charge in [-0.25, -0.2) is 9.78 Å². The third-order valence-electron chi connectivity index (χ3n) is 2.51. The number of aliphatic hydroxyl groups is 1. The number of carbonyl (C=O) groups excluding carboxylic acids is 1. The number of carbonyl (C=O) groups is 1. The van der Waals surface area contributed by atoms with Crippen LogP contribution in [0.5, 0.6) is 0 Å². The van der Waals surface area contributed by atoms with Crippen LogP contribution < -0.4 is 10.6 Å². The van der Waals surface area contributed by atoms with Gasteiger partial charge >= 0.3 is 6.03 Å². The molecule has 0 saturated carbocycles. The number of rotatable bonds is 3. The number of nitrogens with one attached hydrogen (secondary N) is 2. The second-order valence-corrected chi connectivity index (χ2v) is 4.28. The third kappa shape index (κ3) is 3.43. The van der Waals surface area contributed by atoms with E-state index >= 15 is 0 Å². The first-order valence-corrected chi connectivity index (χ1v) is 6.06. The Hall–Kier alpha value is -2.18. The van der Waals surface area contributed by atoms with Crippen LogP contribution >= 0.6 is 11.6 Å². The normalized spacial score (nSPS) is 10.2. The van der Waals surface area contributed by atoms with Crippen LogP contribution in [0.25, 0.3) is 0 Å².